The van der Waals surface area contributed by atoms with Crippen LogP contribution < -0.4 is 0 Å². The summed E-state index contributed by atoms with van der Waals surface area (Å²) in [6, 6.07) is 0. The molecule has 0 aliphatic carbocycles. The Balaban J connectivity index is 4.09. The maximum Gasteiger partial charge on any atom is 0.306 e. The molecule has 0 amide bonds. The SMILES string of the molecule is CC/C=C\C/C=C\C/C=C\C/C=C\C/C=C\C/C=C\CCCCCCCCCCCCCCCCCCC(=O)OCC(COC(=O)CCCCCCCCCCCC)OC(=O)CCCCCCC/C=C\C/C=C\C/C=C\CC. The van der Waals surface area contributed by atoms with Crippen LogP contribution in [0, 0.1) is 0 Å². The van der Waals surface area contributed by atoms with Crippen molar-refractivity contribution in [2.75, 3.05) is 13.2 Å². The summed E-state index contributed by atoms with van der Waals surface area (Å²) in [5.74, 6) is -0.891. The predicted octanol–water partition coefficient (Wildman–Crippen LogP) is 22.6. The van der Waals surface area contributed by atoms with Crippen molar-refractivity contribution in [2.45, 2.75) is 316 Å². The molecule has 0 bridgehead atoms. The molecule has 0 aromatic carbocycles. The van der Waals surface area contributed by atoms with Gasteiger partial charge in [0.1, 0.15) is 13.2 Å². The highest BCUT2D eigenvalue weighted by Gasteiger charge is 2.19. The average molecular weight is 1080 g/mol. The molecule has 0 aromatic heterocycles. The first-order chi connectivity index (χ1) is 38.5. The molecule has 1 atom stereocenters. The third-order valence-corrected chi connectivity index (χ3v) is 14.0. The molecule has 0 heterocycles. The largest absolute Gasteiger partial charge is 0.462 e. The number of ether oxygens (including phenoxy) is 3. The zero-order valence-corrected chi connectivity index (χ0v) is 51.2. The lowest BCUT2D eigenvalue weighted by Gasteiger charge is -2.18. The second-order valence-electron chi connectivity index (χ2n) is 21.6. The van der Waals surface area contributed by atoms with Gasteiger partial charge in [0.15, 0.2) is 6.10 Å². The molecular weight excluding hydrogens is 961 g/mol. The van der Waals surface area contributed by atoms with Crippen LogP contribution in [-0.2, 0) is 28.6 Å². The Labute approximate surface area is 482 Å². The Morgan fingerprint density at radius 2 is 0.500 bits per heavy atom. The van der Waals surface area contributed by atoms with E-state index in [1.807, 2.05) is 0 Å². The minimum atomic E-state index is -0.784. The second-order valence-corrected chi connectivity index (χ2v) is 21.6. The summed E-state index contributed by atoms with van der Waals surface area (Å²) < 4.78 is 16.9. The number of hydrogen-bond donors (Lipinski definition) is 0. The molecule has 6 heteroatoms. The highest BCUT2D eigenvalue weighted by atomic mass is 16.6. The van der Waals surface area contributed by atoms with Crippen LogP contribution in [0.5, 0.6) is 0 Å². The number of carbonyl (C=O) groups excluding carboxylic acids is 3. The van der Waals surface area contributed by atoms with Crippen molar-refractivity contribution in [3.8, 4) is 0 Å². The lowest BCUT2D eigenvalue weighted by Crippen LogP contribution is -2.30. The van der Waals surface area contributed by atoms with E-state index in [-0.39, 0.29) is 31.1 Å². The molecule has 0 spiro atoms. The minimum Gasteiger partial charge on any atom is -0.462 e. The van der Waals surface area contributed by atoms with Gasteiger partial charge in [-0.15, -0.1) is 0 Å². The van der Waals surface area contributed by atoms with Crippen LogP contribution in [0.3, 0.4) is 0 Å². The van der Waals surface area contributed by atoms with E-state index >= 15 is 0 Å². The topological polar surface area (TPSA) is 78.9 Å². The summed E-state index contributed by atoms with van der Waals surface area (Å²) in [5, 5.41) is 0. The van der Waals surface area contributed by atoms with Gasteiger partial charge in [0, 0.05) is 19.3 Å². The molecule has 0 N–H and O–H groups in total. The van der Waals surface area contributed by atoms with Crippen molar-refractivity contribution in [3.05, 3.63) is 109 Å². The van der Waals surface area contributed by atoms with Gasteiger partial charge in [-0.1, -0.05) is 297 Å². The molecule has 446 valence electrons. The monoisotopic (exact) mass is 1080 g/mol. The van der Waals surface area contributed by atoms with Crippen molar-refractivity contribution in [2.24, 2.45) is 0 Å². The standard InChI is InChI=1S/C72H122O6/c1-4-7-10-13-16-19-22-24-26-27-28-29-30-31-32-33-34-35-36-37-38-39-40-41-42-43-44-45-47-48-50-53-56-59-62-65-71(74)77-68-69(67-76-70(73)64-61-58-55-52-21-18-15-12-9-6-3)78-72(75)66-63-60-57-54-51-49-46-25-23-20-17-14-11-8-5-2/h7-8,10-11,16-17,19-20,24-26,28-29,31-32,34-35,46,69H,4-6,9,12-15,18,21-23,27,30,33,36-45,47-68H2,1-3H3/b10-7-,11-8-,19-16-,20-17-,26-24-,29-28-,32-31-,35-34-,46-25-. The fourth-order valence-electron chi connectivity index (χ4n) is 9.17. The quantitative estimate of drug-likeness (QED) is 0.0261. The number of unbranched alkanes of at least 4 members (excludes halogenated alkanes) is 30. The number of rotatable bonds is 59. The summed E-state index contributed by atoms with van der Waals surface area (Å²) >= 11 is 0. The van der Waals surface area contributed by atoms with E-state index in [0.29, 0.717) is 19.3 Å². The van der Waals surface area contributed by atoms with Crippen LogP contribution in [0.2, 0.25) is 0 Å². The molecule has 0 aliphatic rings. The van der Waals surface area contributed by atoms with Gasteiger partial charge < -0.3 is 14.2 Å². The van der Waals surface area contributed by atoms with Crippen molar-refractivity contribution < 1.29 is 28.6 Å². The smallest absolute Gasteiger partial charge is 0.306 e. The molecule has 0 aromatic rings. The van der Waals surface area contributed by atoms with Crippen LogP contribution in [0.1, 0.15) is 310 Å². The summed E-state index contributed by atoms with van der Waals surface area (Å²) in [6.07, 6.45) is 89.8. The molecule has 78 heavy (non-hydrogen) atoms. The van der Waals surface area contributed by atoms with E-state index in [1.165, 1.54) is 135 Å². The lowest BCUT2D eigenvalue weighted by molar-refractivity contribution is -0.167. The number of esters is 3. The van der Waals surface area contributed by atoms with Gasteiger partial charge in [-0.05, 0) is 103 Å². The first kappa shape index (κ1) is 74.1. The first-order valence-electron chi connectivity index (χ1n) is 32.9. The van der Waals surface area contributed by atoms with Gasteiger partial charge in [-0.2, -0.15) is 0 Å². The summed E-state index contributed by atoms with van der Waals surface area (Å²) in [5.41, 5.74) is 0. The van der Waals surface area contributed by atoms with Crippen LogP contribution in [0.25, 0.3) is 0 Å². The van der Waals surface area contributed by atoms with E-state index in [1.54, 1.807) is 0 Å². The summed E-state index contributed by atoms with van der Waals surface area (Å²) in [4.78, 5) is 38.2. The molecule has 0 saturated heterocycles. The minimum absolute atomic E-state index is 0.0812. The second kappa shape index (κ2) is 65.6. The van der Waals surface area contributed by atoms with Gasteiger partial charge >= 0.3 is 17.9 Å². The number of carbonyl (C=O) groups is 3. The molecule has 0 fully saturated rings. The average Bonchev–Trinajstić information content (AvgIpc) is 3.44. The Morgan fingerprint density at radius 1 is 0.269 bits per heavy atom. The van der Waals surface area contributed by atoms with Crippen molar-refractivity contribution in [1.29, 1.82) is 0 Å². The zero-order valence-electron chi connectivity index (χ0n) is 51.2. The van der Waals surface area contributed by atoms with Crippen molar-refractivity contribution in [1.82, 2.24) is 0 Å². The van der Waals surface area contributed by atoms with Crippen LogP contribution in [0.15, 0.2) is 109 Å². The molecular formula is C72H122O6. The van der Waals surface area contributed by atoms with Gasteiger partial charge in [-0.25, -0.2) is 0 Å². The third kappa shape index (κ3) is 62.9. The molecule has 0 aliphatic heterocycles. The zero-order chi connectivity index (χ0) is 56.4. The maximum atomic E-state index is 12.9. The number of hydrogen-bond acceptors (Lipinski definition) is 6. The summed E-state index contributed by atoms with van der Waals surface area (Å²) in [6.45, 7) is 6.41. The van der Waals surface area contributed by atoms with Crippen molar-refractivity contribution >= 4 is 17.9 Å². The van der Waals surface area contributed by atoms with E-state index < -0.39 is 6.10 Å². The predicted molar refractivity (Wildman–Crippen MR) is 339 cm³/mol. The Kier molecular flexibility index (Phi) is 62.3. The van der Waals surface area contributed by atoms with Crippen molar-refractivity contribution in [3.63, 3.8) is 0 Å². The normalized spacial score (nSPS) is 12.8. The number of allylic oxidation sites excluding steroid dienone is 18. The third-order valence-electron chi connectivity index (χ3n) is 14.0. The van der Waals surface area contributed by atoms with E-state index in [4.69, 9.17) is 14.2 Å². The summed E-state index contributed by atoms with van der Waals surface area (Å²) in [7, 11) is 0. The van der Waals surface area contributed by atoms with E-state index in [2.05, 4.69) is 130 Å². The van der Waals surface area contributed by atoms with Gasteiger partial charge in [-0.3, -0.25) is 14.4 Å². The van der Waals surface area contributed by atoms with Gasteiger partial charge in [0.05, 0.1) is 0 Å². The Hall–Kier alpha value is -3.93. The van der Waals surface area contributed by atoms with E-state index in [9.17, 15) is 14.4 Å². The van der Waals surface area contributed by atoms with E-state index in [0.717, 1.165) is 135 Å². The highest BCUT2D eigenvalue weighted by Crippen LogP contribution is 2.17. The van der Waals surface area contributed by atoms with Gasteiger partial charge in [0.2, 0.25) is 0 Å². The highest BCUT2D eigenvalue weighted by molar-refractivity contribution is 5.71. The molecule has 6 nitrogen and oxygen atoms in total. The molecule has 0 radical (unpaired) electrons. The molecule has 0 rings (SSSR count). The van der Waals surface area contributed by atoms with Gasteiger partial charge in [0.25, 0.3) is 0 Å². The fourth-order valence-corrected chi connectivity index (χ4v) is 9.17. The van der Waals surface area contributed by atoms with Crippen LogP contribution in [0.4, 0.5) is 0 Å². The Morgan fingerprint density at radius 3 is 0.782 bits per heavy atom. The van der Waals surface area contributed by atoms with Crippen LogP contribution >= 0.6 is 0 Å². The van der Waals surface area contributed by atoms with Crippen LogP contribution in [-0.4, -0.2) is 37.2 Å². The molecule has 0 saturated carbocycles. The Bertz CT molecular complexity index is 1570. The lowest BCUT2D eigenvalue weighted by atomic mass is 10.0. The maximum absolute atomic E-state index is 12.9. The fraction of sp³-hybridized carbons (Fsp3) is 0.708. The first-order valence-corrected chi connectivity index (χ1v) is 32.9. The molecule has 1 unspecified atom stereocenters.